The van der Waals surface area contributed by atoms with Crippen LogP contribution >= 0.6 is 0 Å². The Morgan fingerprint density at radius 1 is 1.33 bits per heavy atom. The van der Waals surface area contributed by atoms with Gasteiger partial charge in [0.2, 0.25) is 0 Å². The van der Waals surface area contributed by atoms with Gasteiger partial charge in [0.15, 0.2) is 0 Å². The molecule has 1 fully saturated rings. The molecule has 0 heterocycles. The molecule has 0 aromatic rings. The minimum atomic E-state index is -0.0312. The van der Waals surface area contributed by atoms with Gasteiger partial charge in [0.25, 0.3) is 0 Å². The number of ether oxygens (including phenoxy) is 1. The number of esters is 1. The number of rotatable bonds is 4. The van der Waals surface area contributed by atoms with Crippen molar-refractivity contribution >= 4 is 5.97 Å². The van der Waals surface area contributed by atoms with E-state index >= 15 is 0 Å². The van der Waals surface area contributed by atoms with E-state index in [0.29, 0.717) is 24.9 Å². The Morgan fingerprint density at radius 2 is 1.93 bits per heavy atom. The molecule has 0 saturated heterocycles. The monoisotopic (exact) mass is 210 g/mol. The highest BCUT2D eigenvalue weighted by molar-refractivity contribution is 5.69. The smallest absolute Gasteiger partial charge is 0.306 e. The van der Waals surface area contributed by atoms with Crippen molar-refractivity contribution in [3.05, 3.63) is 12.2 Å². The fourth-order valence-corrected chi connectivity index (χ4v) is 2.31. The number of hydrogen-bond acceptors (Lipinski definition) is 2. The summed E-state index contributed by atoms with van der Waals surface area (Å²) >= 11 is 0. The van der Waals surface area contributed by atoms with Crippen molar-refractivity contribution in [1.82, 2.24) is 0 Å². The van der Waals surface area contributed by atoms with Gasteiger partial charge in [-0.05, 0) is 51.4 Å². The van der Waals surface area contributed by atoms with E-state index < -0.39 is 0 Å². The van der Waals surface area contributed by atoms with Gasteiger partial charge in [0.1, 0.15) is 0 Å². The maximum atomic E-state index is 11.3. The average molecular weight is 210 g/mol. The summed E-state index contributed by atoms with van der Waals surface area (Å²) in [6, 6.07) is 0. The fourth-order valence-electron chi connectivity index (χ4n) is 2.31. The zero-order chi connectivity index (χ0) is 11.3. The van der Waals surface area contributed by atoms with Crippen LogP contribution in [0.2, 0.25) is 0 Å². The van der Waals surface area contributed by atoms with Crippen LogP contribution in [-0.2, 0) is 9.53 Å². The molecule has 86 valence electrons. The molecule has 0 N–H and O–H groups in total. The van der Waals surface area contributed by atoms with E-state index in [-0.39, 0.29) is 5.97 Å². The summed E-state index contributed by atoms with van der Waals surface area (Å²) in [7, 11) is 0. The molecule has 15 heavy (non-hydrogen) atoms. The molecule has 0 radical (unpaired) electrons. The largest absolute Gasteiger partial charge is 0.466 e. The molecule has 1 saturated carbocycles. The Morgan fingerprint density at radius 3 is 2.40 bits per heavy atom. The molecule has 0 aromatic carbocycles. The van der Waals surface area contributed by atoms with Crippen LogP contribution in [0.15, 0.2) is 12.2 Å². The van der Waals surface area contributed by atoms with Crippen molar-refractivity contribution < 1.29 is 9.53 Å². The maximum Gasteiger partial charge on any atom is 0.306 e. The predicted octanol–water partition coefficient (Wildman–Crippen LogP) is 3.32. The van der Waals surface area contributed by atoms with Crippen molar-refractivity contribution in [1.29, 1.82) is 0 Å². The second-order valence-corrected chi connectivity index (χ2v) is 4.57. The molecule has 0 unspecified atom stereocenters. The first-order valence-electron chi connectivity index (χ1n) is 5.94. The molecule has 1 aliphatic rings. The predicted molar refractivity (Wildman–Crippen MR) is 61.5 cm³/mol. The van der Waals surface area contributed by atoms with Crippen molar-refractivity contribution in [3.63, 3.8) is 0 Å². The lowest BCUT2D eigenvalue weighted by Crippen LogP contribution is -2.19. The van der Waals surface area contributed by atoms with E-state index in [0.717, 1.165) is 12.8 Å². The highest BCUT2D eigenvalue weighted by Gasteiger charge is 2.23. The topological polar surface area (TPSA) is 26.3 Å². The first-order chi connectivity index (χ1) is 7.13. The van der Waals surface area contributed by atoms with Gasteiger partial charge in [0.05, 0.1) is 6.61 Å². The molecule has 0 aromatic heterocycles. The Hall–Kier alpha value is -0.790. The second-order valence-electron chi connectivity index (χ2n) is 4.57. The summed E-state index contributed by atoms with van der Waals surface area (Å²) < 4.78 is 4.96. The summed E-state index contributed by atoms with van der Waals surface area (Å²) in [4.78, 5) is 11.3. The lowest BCUT2D eigenvalue weighted by molar-refractivity contribution is -0.144. The van der Waals surface area contributed by atoms with Gasteiger partial charge >= 0.3 is 5.97 Å². The summed E-state index contributed by atoms with van der Waals surface area (Å²) in [5.74, 6) is 1.19. The normalized spacial score (nSPS) is 26.0. The van der Waals surface area contributed by atoms with Crippen molar-refractivity contribution in [2.75, 3.05) is 6.61 Å². The number of carbonyl (C=O) groups excluding carboxylic acids is 1. The van der Waals surface area contributed by atoms with Gasteiger partial charge in [-0.25, -0.2) is 0 Å². The molecule has 1 rings (SSSR count). The van der Waals surface area contributed by atoms with Gasteiger partial charge in [0, 0.05) is 6.42 Å². The zero-order valence-electron chi connectivity index (χ0n) is 9.92. The quantitative estimate of drug-likeness (QED) is 0.525. The molecule has 0 spiro atoms. The molecular formula is C13H22O2. The summed E-state index contributed by atoms with van der Waals surface area (Å²) in [5, 5.41) is 0. The van der Waals surface area contributed by atoms with Crippen LogP contribution < -0.4 is 0 Å². The molecule has 2 nitrogen and oxygen atoms in total. The van der Waals surface area contributed by atoms with Crippen LogP contribution in [-0.4, -0.2) is 12.6 Å². The fraction of sp³-hybridized carbons (Fsp3) is 0.769. The van der Waals surface area contributed by atoms with Crippen LogP contribution in [0, 0.1) is 11.8 Å². The first-order valence-corrected chi connectivity index (χ1v) is 5.94. The van der Waals surface area contributed by atoms with E-state index in [4.69, 9.17) is 4.74 Å². The van der Waals surface area contributed by atoms with Crippen molar-refractivity contribution in [2.24, 2.45) is 11.8 Å². The summed E-state index contributed by atoms with van der Waals surface area (Å²) in [6.07, 6.45) is 5.29. The van der Waals surface area contributed by atoms with Gasteiger partial charge in [-0.15, -0.1) is 0 Å². The summed E-state index contributed by atoms with van der Waals surface area (Å²) in [6.45, 7) is 8.47. The Bertz CT molecular complexity index is 225. The zero-order valence-corrected chi connectivity index (χ0v) is 9.92. The van der Waals surface area contributed by atoms with Crippen molar-refractivity contribution in [3.8, 4) is 0 Å². The minimum Gasteiger partial charge on any atom is -0.466 e. The molecular weight excluding hydrogens is 188 g/mol. The van der Waals surface area contributed by atoms with Crippen LogP contribution in [0.25, 0.3) is 0 Å². The maximum absolute atomic E-state index is 11.3. The third kappa shape index (κ3) is 4.06. The van der Waals surface area contributed by atoms with E-state index in [9.17, 15) is 4.79 Å². The van der Waals surface area contributed by atoms with Crippen molar-refractivity contribution in [2.45, 2.75) is 46.0 Å². The van der Waals surface area contributed by atoms with E-state index in [1.807, 2.05) is 6.92 Å². The van der Waals surface area contributed by atoms with E-state index in [1.165, 1.54) is 18.4 Å². The van der Waals surface area contributed by atoms with Crippen LogP contribution in [0.1, 0.15) is 46.0 Å². The van der Waals surface area contributed by atoms with E-state index in [2.05, 4.69) is 13.5 Å². The van der Waals surface area contributed by atoms with Gasteiger partial charge in [-0.3, -0.25) is 4.79 Å². The SMILES string of the molecule is C=C(C)C1CCC(CC(=O)OCC)CC1. The van der Waals surface area contributed by atoms with Gasteiger partial charge in [-0.1, -0.05) is 12.2 Å². The van der Waals surface area contributed by atoms with Gasteiger partial charge in [-0.2, -0.15) is 0 Å². The summed E-state index contributed by atoms with van der Waals surface area (Å²) in [5.41, 5.74) is 1.30. The third-order valence-corrected chi connectivity index (χ3v) is 3.30. The molecule has 0 aliphatic heterocycles. The lowest BCUT2D eigenvalue weighted by atomic mass is 9.78. The minimum absolute atomic E-state index is 0.0312. The van der Waals surface area contributed by atoms with E-state index in [1.54, 1.807) is 0 Å². The lowest BCUT2D eigenvalue weighted by Gasteiger charge is -2.28. The first kappa shape index (κ1) is 12.3. The second kappa shape index (κ2) is 5.94. The number of carbonyl (C=O) groups is 1. The van der Waals surface area contributed by atoms with Gasteiger partial charge < -0.3 is 4.74 Å². The molecule has 0 atom stereocenters. The van der Waals surface area contributed by atoms with Crippen LogP contribution in [0.3, 0.4) is 0 Å². The molecule has 1 aliphatic carbocycles. The standard InChI is InChI=1S/C13H22O2/c1-4-15-13(14)9-11-5-7-12(8-6-11)10(2)3/h11-12H,2,4-9H2,1,3H3. The highest BCUT2D eigenvalue weighted by Crippen LogP contribution is 2.34. The number of allylic oxidation sites excluding steroid dienone is 1. The average Bonchev–Trinajstić information content (AvgIpc) is 2.18. The Kier molecular flexibility index (Phi) is 4.86. The number of hydrogen-bond donors (Lipinski definition) is 0. The molecule has 2 heteroatoms. The molecule has 0 amide bonds. The third-order valence-electron chi connectivity index (χ3n) is 3.30. The van der Waals surface area contributed by atoms with Crippen LogP contribution in [0.5, 0.6) is 0 Å². The highest BCUT2D eigenvalue weighted by atomic mass is 16.5. The molecule has 0 bridgehead atoms. The van der Waals surface area contributed by atoms with Crippen LogP contribution in [0.4, 0.5) is 0 Å². The Balaban J connectivity index is 2.25. The Labute approximate surface area is 92.7 Å².